The second-order valence-corrected chi connectivity index (χ2v) is 5.91. The number of benzene rings is 2. The lowest BCUT2D eigenvalue weighted by Crippen LogP contribution is -2.09. The lowest BCUT2D eigenvalue weighted by molar-refractivity contribution is 0.103. The van der Waals surface area contributed by atoms with Gasteiger partial charge in [-0.1, -0.05) is 18.2 Å². The molecule has 1 heterocycles. The van der Waals surface area contributed by atoms with Gasteiger partial charge in [0.2, 0.25) is 0 Å². The fourth-order valence-corrected chi connectivity index (χ4v) is 2.83. The highest BCUT2D eigenvalue weighted by Crippen LogP contribution is 2.21. The van der Waals surface area contributed by atoms with E-state index < -0.39 is 11.6 Å². The Kier molecular flexibility index (Phi) is 4.86. The Hall–Kier alpha value is -2.73. The fraction of sp³-hybridized carbons (Fsp3) is 0.0556. The third kappa shape index (κ3) is 3.97. The highest BCUT2D eigenvalue weighted by molar-refractivity contribution is 7.12. The number of carbonyl (C=O) groups excluding carboxylic acids is 1. The number of nitrogens with one attached hydrogen (secondary N) is 1. The molecule has 0 aliphatic heterocycles. The van der Waals surface area contributed by atoms with Gasteiger partial charge in [-0.05, 0) is 35.7 Å². The third-order valence-corrected chi connectivity index (χ3v) is 4.18. The monoisotopic (exact) mass is 345 g/mol. The van der Waals surface area contributed by atoms with Crippen LogP contribution in [0.5, 0.6) is 5.75 Å². The molecule has 0 saturated heterocycles. The van der Waals surface area contributed by atoms with Crippen molar-refractivity contribution in [3.63, 3.8) is 0 Å². The SMILES string of the molecule is O=C(Nc1ccccc1)c1cc(COc2ccc(F)cc2F)cs1. The quantitative estimate of drug-likeness (QED) is 0.717. The number of hydrogen-bond donors (Lipinski definition) is 1. The maximum atomic E-state index is 13.5. The molecule has 1 N–H and O–H groups in total. The average Bonchev–Trinajstić information content (AvgIpc) is 3.04. The summed E-state index contributed by atoms with van der Waals surface area (Å²) in [4.78, 5) is 12.7. The van der Waals surface area contributed by atoms with Gasteiger partial charge in [-0.3, -0.25) is 4.79 Å². The molecule has 24 heavy (non-hydrogen) atoms. The van der Waals surface area contributed by atoms with Crippen LogP contribution in [0.15, 0.2) is 60.0 Å². The number of thiophene rings is 1. The van der Waals surface area contributed by atoms with Crippen LogP contribution in [0.25, 0.3) is 0 Å². The summed E-state index contributed by atoms with van der Waals surface area (Å²) in [7, 11) is 0. The molecule has 2 aromatic carbocycles. The smallest absolute Gasteiger partial charge is 0.265 e. The van der Waals surface area contributed by atoms with E-state index in [0.29, 0.717) is 10.6 Å². The van der Waals surface area contributed by atoms with E-state index in [2.05, 4.69) is 5.32 Å². The zero-order valence-corrected chi connectivity index (χ0v) is 13.3. The largest absolute Gasteiger partial charge is 0.486 e. The molecule has 0 radical (unpaired) electrons. The predicted molar refractivity (Wildman–Crippen MR) is 89.4 cm³/mol. The first kappa shape index (κ1) is 16.1. The summed E-state index contributed by atoms with van der Waals surface area (Å²) in [6.07, 6.45) is 0. The van der Waals surface area contributed by atoms with Gasteiger partial charge in [-0.15, -0.1) is 11.3 Å². The molecule has 3 nitrogen and oxygen atoms in total. The Morgan fingerprint density at radius 2 is 1.88 bits per heavy atom. The van der Waals surface area contributed by atoms with Gasteiger partial charge < -0.3 is 10.1 Å². The molecule has 0 aliphatic carbocycles. The highest BCUT2D eigenvalue weighted by atomic mass is 32.1. The third-order valence-electron chi connectivity index (χ3n) is 3.20. The van der Waals surface area contributed by atoms with E-state index in [-0.39, 0.29) is 18.3 Å². The summed E-state index contributed by atoms with van der Waals surface area (Å²) in [6, 6.07) is 13.9. The fourth-order valence-electron chi connectivity index (χ4n) is 2.04. The molecule has 0 aliphatic rings. The maximum absolute atomic E-state index is 13.5. The Balaban J connectivity index is 1.62. The van der Waals surface area contributed by atoms with E-state index in [1.807, 2.05) is 18.2 Å². The first-order valence-electron chi connectivity index (χ1n) is 7.13. The molecule has 1 amide bonds. The van der Waals surface area contributed by atoms with E-state index in [0.717, 1.165) is 17.7 Å². The molecule has 0 unspecified atom stereocenters. The molecule has 122 valence electrons. The average molecular weight is 345 g/mol. The van der Waals surface area contributed by atoms with Gasteiger partial charge in [0.15, 0.2) is 11.6 Å². The van der Waals surface area contributed by atoms with Crippen LogP contribution < -0.4 is 10.1 Å². The second-order valence-electron chi connectivity index (χ2n) is 5.00. The van der Waals surface area contributed by atoms with Gasteiger partial charge in [0.25, 0.3) is 5.91 Å². The summed E-state index contributed by atoms with van der Waals surface area (Å²) in [5.74, 6) is -1.66. The zero-order valence-electron chi connectivity index (χ0n) is 12.5. The summed E-state index contributed by atoms with van der Waals surface area (Å²) in [6.45, 7) is 0.0949. The maximum Gasteiger partial charge on any atom is 0.265 e. The van der Waals surface area contributed by atoms with Crippen LogP contribution >= 0.6 is 11.3 Å². The molecule has 0 spiro atoms. The van der Waals surface area contributed by atoms with Crippen molar-refractivity contribution in [2.75, 3.05) is 5.32 Å². The van der Waals surface area contributed by atoms with E-state index in [9.17, 15) is 13.6 Å². The van der Waals surface area contributed by atoms with Crippen LogP contribution in [0.2, 0.25) is 0 Å². The number of hydrogen-bond acceptors (Lipinski definition) is 3. The molecule has 0 atom stereocenters. The Labute approximate surface area is 141 Å². The topological polar surface area (TPSA) is 38.3 Å². The van der Waals surface area contributed by atoms with Crippen LogP contribution in [0.1, 0.15) is 15.2 Å². The Bertz CT molecular complexity index is 849. The van der Waals surface area contributed by atoms with Crippen LogP contribution in [-0.4, -0.2) is 5.91 Å². The van der Waals surface area contributed by atoms with Crippen molar-refractivity contribution in [3.05, 3.63) is 82.1 Å². The van der Waals surface area contributed by atoms with E-state index >= 15 is 0 Å². The molecule has 3 rings (SSSR count). The number of halogens is 2. The molecule has 6 heteroatoms. The van der Waals surface area contributed by atoms with Crippen molar-refractivity contribution in [3.8, 4) is 5.75 Å². The number of carbonyl (C=O) groups is 1. The lowest BCUT2D eigenvalue weighted by Gasteiger charge is -2.05. The van der Waals surface area contributed by atoms with Crippen LogP contribution in [0, 0.1) is 11.6 Å². The normalized spacial score (nSPS) is 10.4. The predicted octanol–water partition coefficient (Wildman–Crippen LogP) is 4.86. The molecule has 0 bridgehead atoms. The Morgan fingerprint density at radius 3 is 2.62 bits per heavy atom. The van der Waals surface area contributed by atoms with Crippen molar-refractivity contribution in [2.24, 2.45) is 0 Å². The minimum Gasteiger partial charge on any atom is -0.486 e. The zero-order chi connectivity index (χ0) is 16.9. The number of amides is 1. The van der Waals surface area contributed by atoms with Gasteiger partial charge in [0.05, 0.1) is 4.88 Å². The first-order valence-corrected chi connectivity index (χ1v) is 8.01. The van der Waals surface area contributed by atoms with Gasteiger partial charge in [-0.25, -0.2) is 8.78 Å². The highest BCUT2D eigenvalue weighted by Gasteiger charge is 2.11. The van der Waals surface area contributed by atoms with Crippen molar-refractivity contribution in [1.29, 1.82) is 0 Å². The van der Waals surface area contributed by atoms with Gasteiger partial charge in [-0.2, -0.15) is 0 Å². The first-order chi connectivity index (χ1) is 11.6. The van der Waals surface area contributed by atoms with E-state index in [4.69, 9.17) is 4.74 Å². The molecule has 0 saturated carbocycles. The van der Waals surface area contributed by atoms with Crippen molar-refractivity contribution in [2.45, 2.75) is 6.61 Å². The minimum absolute atomic E-state index is 0.0297. The number of ether oxygens (including phenoxy) is 1. The summed E-state index contributed by atoms with van der Waals surface area (Å²) in [5, 5.41) is 4.55. The number of para-hydroxylation sites is 1. The molecule has 3 aromatic rings. The van der Waals surface area contributed by atoms with Gasteiger partial charge in [0.1, 0.15) is 12.4 Å². The van der Waals surface area contributed by atoms with E-state index in [1.54, 1.807) is 23.6 Å². The summed E-state index contributed by atoms with van der Waals surface area (Å²) in [5.41, 5.74) is 1.45. The summed E-state index contributed by atoms with van der Waals surface area (Å²) >= 11 is 1.27. The number of anilines is 1. The molecule has 1 aromatic heterocycles. The lowest BCUT2D eigenvalue weighted by atomic mass is 10.3. The minimum atomic E-state index is -0.757. The Morgan fingerprint density at radius 1 is 1.08 bits per heavy atom. The summed E-state index contributed by atoms with van der Waals surface area (Å²) < 4.78 is 31.7. The van der Waals surface area contributed by atoms with Crippen LogP contribution in [-0.2, 0) is 6.61 Å². The second kappa shape index (κ2) is 7.23. The standard InChI is InChI=1S/C18H13F2NO2S/c19-13-6-7-16(15(20)9-13)23-10-12-8-17(24-11-12)18(22)21-14-4-2-1-3-5-14/h1-9,11H,10H2,(H,21,22). The van der Waals surface area contributed by atoms with Crippen molar-refractivity contribution >= 4 is 22.9 Å². The van der Waals surface area contributed by atoms with Gasteiger partial charge in [0, 0.05) is 17.3 Å². The van der Waals surface area contributed by atoms with Crippen molar-refractivity contribution < 1.29 is 18.3 Å². The molecular weight excluding hydrogens is 332 g/mol. The van der Waals surface area contributed by atoms with Gasteiger partial charge >= 0.3 is 0 Å². The number of rotatable bonds is 5. The van der Waals surface area contributed by atoms with Crippen molar-refractivity contribution in [1.82, 2.24) is 0 Å². The van der Waals surface area contributed by atoms with Crippen LogP contribution in [0.3, 0.4) is 0 Å². The van der Waals surface area contributed by atoms with Crippen LogP contribution in [0.4, 0.5) is 14.5 Å². The molecule has 0 fully saturated rings. The molecular formula is C18H13F2NO2S. The van der Waals surface area contributed by atoms with E-state index in [1.165, 1.54) is 17.4 Å².